The van der Waals surface area contributed by atoms with E-state index < -0.39 is 11.7 Å². The summed E-state index contributed by atoms with van der Waals surface area (Å²) < 4.78 is 42.8. The van der Waals surface area contributed by atoms with Crippen LogP contribution in [0.25, 0.3) is 11.3 Å². The fourth-order valence-electron chi connectivity index (χ4n) is 4.37. The summed E-state index contributed by atoms with van der Waals surface area (Å²) in [5.74, 6) is 1.10. The Morgan fingerprint density at radius 3 is 2.26 bits per heavy atom. The van der Waals surface area contributed by atoms with Gasteiger partial charge in [0.25, 0.3) is 0 Å². The molecule has 4 rings (SSSR count). The maximum absolute atomic E-state index is 12.7. The number of carbonyl (C=O) groups is 1. The van der Waals surface area contributed by atoms with Gasteiger partial charge >= 0.3 is 12.1 Å². The highest BCUT2D eigenvalue weighted by Crippen LogP contribution is 2.37. The number of alkyl halides is 3. The molecule has 1 saturated carbocycles. The predicted molar refractivity (Wildman–Crippen MR) is 124 cm³/mol. The van der Waals surface area contributed by atoms with E-state index in [-0.39, 0.29) is 5.97 Å². The summed E-state index contributed by atoms with van der Waals surface area (Å²) >= 11 is 0. The lowest BCUT2D eigenvalue weighted by molar-refractivity contribution is -0.142. The minimum Gasteiger partial charge on any atom is -0.469 e. The van der Waals surface area contributed by atoms with Crippen molar-refractivity contribution in [1.82, 2.24) is 9.97 Å². The van der Waals surface area contributed by atoms with Crippen molar-refractivity contribution < 1.29 is 22.7 Å². The molecule has 5 nitrogen and oxygen atoms in total. The van der Waals surface area contributed by atoms with E-state index in [1.54, 1.807) is 6.20 Å². The lowest BCUT2D eigenvalue weighted by Gasteiger charge is -2.28. The number of rotatable bonds is 6. The molecule has 0 aliphatic heterocycles. The van der Waals surface area contributed by atoms with E-state index in [4.69, 9.17) is 4.74 Å². The molecule has 0 amide bonds. The van der Waals surface area contributed by atoms with Gasteiger partial charge in [-0.15, -0.1) is 0 Å². The van der Waals surface area contributed by atoms with Crippen molar-refractivity contribution in [2.45, 2.75) is 44.2 Å². The van der Waals surface area contributed by atoms with E-state index in [1.807, 2.05) is 12.1 Å². The maximum atomic E-state index is 12.7. The molecule has 2 heterocycles. The standard InChI is InChI=1S/C26H26F3N3O2/c1-34-25(33)14-17-2-4-18(5-3-17)19-6-8-20(9-7-19)23-12-11-22(16-30-23)32-24-13-10-21(15-31-24)26(27,28)29/h6-13,15-18H,2-5,14H2,1H3,(H,31,32). The molecular weight excluding hydrogens is 443 g/mol. The highest BCUT2D eigenvalue weighted by Gasteiger charge is 2.30. The number of hydrogen-bond acceptors (Lipinski definition) is 5. The van der Waals surface area contributed by atoms with Gasteiger partial charge in [0, 0.05) is 18.2 Å². The summed E-state index contributed by atoms with van der Waals surface area (Å²) in [5.41, 5.74) is 2.94. The maximum Gasteiger partial charge on any atom is 0.417 e. The Morgan fingerprint density at radius 1 is 0.971 bits per heavy atom. The van der Waals surface area contributed by atoms with Crippen LogP contribution in [-0.4, -0.2) is 23.0 Å². The molecule has 3 aromatic rings. The Hall–Kier alpha value is -3.42. The Labute approximate surface area is 196 Å². The second kappa shape index (κ2) is 10.2. The largest absolute Gasteiger partial charge is 0.469 e. The van der Waals surface area contributed by atoms with Gasteiger partial charge in [-0.05, 0) is 67.3 Å². The summed E-state index contributed by atoms with van der Waals surface area (Å²) in [5, 5.41) is 2.96. The van der Waals surface area contributed by atoms with Crippen LogP contribution >= 0.6 is 0 Å². The monoisotopic (exact) mass is 469 g/mol. The number of ether oxygens (including phenoxy) is 1. The van der Waals surface area contributed by atoms with E-state index in [0.717, 1.165) is 49.2 Å². The van der Waals surface area contributed by atoms with Gasteiger partial charge in [-0.1, -0.05) is 24.3 Å². The van der Waals surface area contributed by atoms with E-state index in [9.17, 15) is 18.0 Å². The first-order chi connectivity index (χ1) is 16.3. The minimum absolute atomic E-state index is 0.128. The Balaban J connectivity index is 1.34. The third-order valence-corrected chi connectivity index (χ3v) is 6.33. The van der Waals surface area contributed by atoms with Crippen molar-refractivity contribution >= 4 is 17.5 Å². The van der Waals surface area contributed by atoms with Gasteiger partial charge in [0.2, 0.25) is 0 Å². The second-order valence-electron chi connectivity index (χ2n) is 8.61. The number of benzene rings is 1. The molecule has 8 heteroatoms. The predicted octanol–water partition coefficient (Wildman–Crippen LogP) is 6.74. The molecule has 2 aromatic heterocycles. The van der Waals surface area contributed by atoms with Crippen molar-refractivity contribution in [1.29, 1.82) is 0 Å². The molecule has 1 N–H and O–H groups in total. The van der Waals surface area contributed by atoms with Gasteiger partial charge in [0.15, 0.2) is 0 Å². The average molecular weight is 470 g/mol. The van der Waals surface area contributed by atoms with Crippen LogP contribution < -0.4 is 5.32 Å². The molecule has 34 heavy (non-hydrogen) atoms. The first-order valence-corrected chi connectivity index (χ1v) is 11.3. The fourth-order valence-corrected chi connectivity index (χ4v) is 4.37. The third-order valence-electron chi connectivity index (χ3n) is 6.33. The van der Waals surface area contributed by atoms with Gasteiger partial charge in [-0.3, -0.25) is 9.78 Å². The van der Waals surface area contributed by atoms with Crippen LogP contribution in [0.15, 0.2) is 60.9 Å². The van der Waals surface area contributed by atoms with Crippen LogP contribution in [0.2, 0.25) is 0 Å². The zero-order valence-electron chi connectivity index (χ0n) is 18.8. The molecule has 0 saturated heterocycles. The number of nitrogens with zero attached hydrogens (tertiary/aromatic N) is 2. The SMILES string of the molecule is COC(=O)CC1CCC(c2ccc(-c3ccc(Nc4ccc(C(F)(F)F)cn4)cn3)cc2)CC1. The summed E-state index contributed by atoms with van der Waals surface area (Å²) in [6, 6.07) is 14.4. The minimum atomic E-state index is -4.41. The van der Waals surface area contributed by atoms with E-state index in [1.165, 1.54) is 18.7 Å². The molecule has 1 fully saturated rings. The molecule has 1 aromatic carbocycles. The van der Waals surface area contributed by atoms with E-state index in [2.05, 4.69) is 39.6 Å². The number of methoxy groups -OCH3 is 1. The molecule has 178 valence electrons. The number of halogens is 3. The lowest BCUT2D eigenvalue weighted by Crippen LogP contribution is -2.17. The number of esters is 1. The summed E-state index contributed by atoms with van der Waals surface area (Å²) in [6.07, 6.45) is 2.73. The molecule has 0 unspecified atom stereocenters. The number of hydrogen-bond donors (Lipinski definition) is 1. The zero-order chi connectivity index (χ0) is 24.1. The quantitative estimate of drug-likeness (QED) is 0.405. The highest BCUT2D eigenvalue weighted by atomic mass is 19.4. The topological polar surface area (TPSA) is 64.1 Å². The van der Waals surface area contributed by atoms with Crippen molar-refractivity contribution in [3.05, 3.63) is 72.1 Å². The van der Waals surface area contributed by atoms with Gasteiger partial charge in [0.05, 0.1) is 30.3 Å². The van der Waals surface area contributed by atoms with E-state index in [0.29, 0.717) is 29.8 Å². The smallest absolute Gasteiger partial charge is 0.417 e. The van der Waals surface area contributed by atoms with Gasteiger partial charge in [0.1, 0.15) is 5.82 Å². The third kappa shape index (κ3) is 5.92. The lowest BCUT2D eigenvalue weighted by atomic mass is 9.77. The molecule has 0 bridgehead atoms. The number of aromatic nitrogens is 2. The summed E-state index contributed by atoms with van der Waals surface area (Å²) in [4.78, 5) is 19.8. The van der Waals surface area contributed by atoms with Crippen LogP contribution in [0.5, 0.6) is 0 Å². The van der Waals surface area contributed by atoms with Crippen LogP contribution in [0.3, 0.4) is 0 Å². The number of anilines is 2. The number of carbonyl (C=O) groups excluding carboxylic acids is 1. The molecule has 1 aliphatic rings. The first kappa shape index (κ1) is 23.7. The Kier molecular flexibility index (Phi) is 7.14. The summed E-state index contributed by atoms with van der Waals surface area (Å²) in [7, 11) is 1.44. The normalized spacial score (nSPS) is 18.4. The summed E-state index contributed by atoms with van der Waals surface area (Å²) in [6.45, 7) is 0. The fraction of sp³-hybridized carbons (Fsp3) is 0.346. The van der Waals surface area contributed by atoms with Crippen molar-refractivity contribution in [3.63, 3.8) is 0 Å². The molecule has 0 spiro atoms. The van der Waals surface area contributed by atoms with Gasteiger partial charge in [-0.25, -0.2) is 4.98 Å². The van der Waals surface area contributed by atoms with Crippen molar-refractivity contribution in [2.75, 3.05) is 12.4 Å². The van der Waals surface area contributed by atoms with Crippen molar-refractivity contribution in [2.24, 2.45) is 5.92 Å². The Morgan fingerprint density at radius 2 is 1.71 bits per heavy atom. The Bertz CT molecular complexity index is 1090. The number of nitrogens with one attached hydrogen (secondary N) is 1. The first-order valence-electron chi connectivity index (χ1n) is 11.3. The molecule has 1 aliphatic carbocycles. The van der Waals surface area contributed by atoms with Crippen LogP contribution in [-0.2, 0) is 15.7 Å². The average Bonchev–Trinajstić information content (AvgIpc) is 2.85. The van der Waals surface area contributed by atoms with Crippen LogP contribution in [0.4, 0.5) is 24.7 Å². The van der Waals surface area contributed by atoms with Crippen molar-refractivity contribution in [3.8, 4) is 11.3 Å². The zero-order valence-corrected chi connectivity index (χ0v) is 18.8. The molecule has 0 radical (unpaired) electrons. The van der Waals surface area contributed by atoms with Gasteiger partial charge in [-0.2, -0.15) is 13.2 Å². The highest BCUT2D eigenvalue weighted by molar-refractivity contribution is 5.69. The molecule has 0 atom stereocenters. The van der Waals surface area contributed by atoms with Crippen LogP contribution in [0.1, 0.15) is 49.1 Å². The van der Waals surface area contributed by atoms with Crippen LogP contribution in [0, 0.1) is 5.92 Å². The van der Waals surface area contributed by atoms with E-state index >= 15 is 0 Å². The van der Waals surface area contributed by atoms with Gasteiger partial charge < -0.3 is 10.1 Å². The second-order valence-corrected chi connectivity index (χ2v) is 8.61. The molecular formula is C26H26F3N3O2. The number of pyridine rings is 2.